The molecule has 0 atom stereocenters. The zero-order chi connectivity index (χ0) is 20.1. The second-order valence-electron chi connectivity index (χ2n) is 5.96. The molecule has 0 spiro atoms. The van der Waals surface area contributed by atoms with Gasteiger partial charge in [0.15, 0.2) is 0 Å². The van der Waals surface area contributed by atoms with E-state index in [0.717, 1.165) is 0 Å². The zero-order valence-corrected chi connectivity index (χ0v) is 16.3. The van der Waals surface area contributed by atoms with Gasteiger partial charge in [0.1, 0.15) is 0 Å². The summed E-state index contributed by atoms with van der Waals surface area (Å²) in [5.74, 6) is -1.07. The van der Waals surface area contributed by atoms with E-state index >= 15 is 0 Å². The first-order chi connectivity index (χ1) is 13.4. The molecule has 0 bridgehead atoms. The minimum Gasteiger partial charge on any atom is -0.379 e. The number of hydrazine groups is 1. The van der Waals surface area contributed by atoms with Gasteiger partial charge in [-0.1, -0.05) is 11.6 Å². The molecule has 0 unspecified atom stereocenters. The van der Waals surface area contributed by atoms with Gasteiger partial charge in [-0.15, -0.1) is 0 Å². The fraction of sp³-hybridized carbons (Fsp3) is 0.222. The van der Waals surface area contributed by atoms with Crippen LogP contribution in [0.15, 0.2) is 53.4 Å². The summed E-state index contributed by atoms with van der Waals surface area (Å²) in [5.41, 5.74) is 5.11. The van der Waals surface area contributed by atoms with E-state index < -0.39 is 21.8 Å². The van der Waals surface area contributed by atoms with E-state index in [0.29, 0.717) is 36.9 Å². The number of carbonyl (C=O) groups is 2. The van der Waals surface area contributed by atoms with Crippen LogP contribution in [0.3, 0.4) is 0 Å². The van der Waals surface area contributed by atoms with Crippen molar-refractivity contribution in [1.29, 1.82) is 0 Å². The Kier molecular flexibility index (Phi) is 6.30. The molecular formula is C18H18ClN3O5S. The van der Waals surface area contributed by atoms with Gasteiger partial charge in [0.05, 0.1) is 18.1 Å². The molecule has 1 aliphatic rings. The highest BCUT2D eigenvalue weighted by Crippen LogP contribution is 2.17. The van der Waals surface area contributed by atoms with E-state index in [2.05, 4.69) is 10.9 Å². The Morgan fingerprint density at radius 1 is 0.857 bits per heavy atom. The second kappa shape index (κ2) is 8.70. The van der Waals surface area contributed by atoms with Gasteiger partial charge < -0.3 is 4.74 Å². The molecule has 0 aliphatic carbocycles. The van der Waals surface area contributed by atoms with Gasteiger partial charge in [-0.05, 0) is 48.5 Å². The van der Waals surface area contributed by atoms with Crippen LogP contribution in [-0.2, 0) is 14.8 Å². The highest BCUT2D eigenvalue weighted by atomic mass is 35.5. The summed E-state index contributed by atoms with van der Waals surface area (Å²) in [4.78, 5) is 24.3. The predicted octanol–water partition coefficient (Wildman–Crippen LogP) is 1.44. The molecule has 1 aliphatic heterocycles. The van der Waals surface area contributed by atoms with E-state index in [4.69, 9.17) is 16.3 Å². The maximum Gasteiger partial charge on any atom is 0.269 e. The van der Waals surface area contributed by atoms with Gasteiger partial charge in [0.25, 0.3) is 11.8 Å². The Bertz CT molecular complexity index is 956. The number of nitrogens with one attached hydrogen (secondary N) is 2. The fourth-order valence-corrected chi connectivity index (χ4v) is 4.11. The van der Waals surface area contributed by atoms with Crippen molar-refractivity contribution in [1.82, 2.24) is 15.2 Å². The predicted molar refractivity (Wildman–Crippen MR) is 102 cm³/mol. The summed E-state index contributed by atoms with van der Waals surface area (Å²) < 4.78 is 31.6. The van der Waals surface area contributed by atoms with Crippen molar-refractivity contribution in [3.8, 4) is 0 Å². The molecule has 1 fully saturated rings. The lowest BCUT2D eigenvalue weighted by Crippen LogP contribution is -2.41. The Hall–Kier alpha value is -2.46. The molecule has 2 amide bonds. The van der Waals surface area contributed by atoms with Crippen LogP contribution in [0.2, 0.25) is 5.02 Å². The molecule has 28 heavy (non-hydrogen) atoms. The lowest BCUT2D eigenvalue weighted by molar-refractivity contribution is 0.0730. The first-order valence-corrected chi connectivity index (χ1v) is 10.2. The van der Waals surface area contributed by atoms with Gasteiger partial charge in [0.2, 0.25) is 10.0 Å². The van der Waals surface area contributed by atoms with E-state index in [9.17, 15) is 18.0 Å². The lowest BCUT2D eigenvalue weighted by atomic mass is 10.2. The lowest BCUT2D eigenvalue weighted by Gasteiger charge is -2.26. The fourth-order valence-electron chi connectivity index (χ4n) is 2.57. The topological polar surface area (TPSA) is 105 Å². The van der Waals surface area contributed by atoms with Crippen molar-refractivity contribution in [2.75, 3.05) is 26.3 Å². The SMILES string of the molecule is O=C(NNC(=O)c1ccc(S(=O)(=O)N2CCOCC2)cc1)c1ccc(Cl)cc1. The number of morpholine rings is 1. The van der Waals surface area contributed by atoms with E-state index in [1.807, 2.05) is 0 Å². The molecule has 0 saturated carbocycles. The number of hydrogen-bond acceptors (Lipinski definition) is 5. The molecule has 0 aromatic heterocycles. The maximum absolute atomic E-state index is 12.6. The van der Waals surface area contributed by atoms with Crippen LogP contribution in [0.25, 0.3) is 0 Å². The van der Waals surface area contributed by atoms with Crippen LogP contribution in [-0.4, -0.2) is 50.8 Å². The Morgan fingerprint density at radius 3 is 1.82 bits per heavy atom. The standard InChI is InChI=1S/C18H18ClN3O5S/c19-15-5-1-13(2-6-15)17(23)20-21-18(24)14-3-7-16(8-4-14)28(25,26)22-9-11-27-12-10-22/h1-8H,9-12H2,(H,20,23)(H,21,24). The number of nitrogens with zero attached hydrogens (tertiary/aromatic N) is 1. The van der Waals surface area contributed by atoms with Gasteiger partial charge in [-0.3, -0.25) is 20.4 Å². The number of hydrogen-bond donors (Lipinski definition) is 2. The monoisotopic (exact) mass is 423 g/mol. The number of amides is 2. The van der Waals surface area contributed by atoms with Crippen molar-refractivity contribution >= 4 is 33.4 Å². The average molecular weight is 424 g/mol. The summed E-state index contributed by atoms with van der Waals surface area (Å²) in [5, 5.41) is 0.493. The number of sulfonamides is 1. The summed E-state index contributed by atoms with van der Waals surface area (Å²) in [7, 11) is -3.63. The largest absolute Gasteiger partial charge is 0.379 e. The second-order valence-corrected chi connectivity index (χ2v) is 8.33. The molecular weight excluding hydrogens is 406 g/mol. The van der Waals surface area contributed by atoms with Crippen molar-refractivity contribution in [3.63, 3.8) is 0 Å². The van der Waals surface area contributed by atoms with Crippen molar-refractivity contribution in [3.05, 3.63) is 64.7 Å². The van der Waals surface area contributed by atoms with Crippen LogP contribution < -0.4 is 10.9 Å². The highest BCUT2D eigenvalue weighted by Gasteiger charge is 2.26. The first kappa shape index (κ1) is 20.3. The quantitative estimate of drug-likeness (QED) is 0.724. The molecule has 148 valence electrons. The molecule has 8 nitrogen and oxygen atoms in total. The number of halogens is 1. The third-order valence-corrected chi connectivity index (χ3v) is 6.29. The molecule has 0 radical (unpaired) electrons. The maximum atomic E-state index is 12.6. The normalized spacial score (nSPS) is 15.0. The van der Waals surface area contributed by atoms with Crippen LogP contribution >= 0.6 is 11.6 Å². The van der Waals surface area contributed by atoms with Gasteiger partial charge in [-0.2, -0.15) is 4.31 Å². The number of carbonyl (C=O) groups excluding carboxylic acids is 2. The minimum absolute atomic E-state index is 0.0937. The van der Waals surface area contributed by atoms with E-state index in [1.165, 1.54) is 40.7 Å². The number of ether oxygens (including phenoxy) is 1. The number of benzene rings is 2. The molecule has 2 aromatic carbocycles. The van der Waals surface area contributed by atoms with Crippen LogP contribution in [0.5, 0.6) is 0 Å². The molecule has 2 N–H and O–H groups in total. The third-order valence-electron chi connectivity index (χ3n) is 4.12. The average Bonchev–Trinajstić information content (AvgIpc) is 2.73. The van der Waals surface area contributed by atoms with Crippen molar-refractivity contribution in [2.24, 2.45) is 0 Å². The summed E-state index contributed by atoms with van der Waals surface area (Å²) in [6.07, 6.45) is 0. The van der Waals surface area contributed by atoms with E-state index in [-0.39, 0.29) is 10.5 Å². The van der Waals surface area contributed by atoms with Crippen molar-refractivity contribution < 1.29 is 22.7 Å². The molecule has 3 rings (SSSR count). The Labute approximate surface area is 167 Å². The highest BCUT2D eigenvalue weighted by molar-refractivity contribution is 7.89. The van der Waals surface area contributed by atoms with Crippen molar-refractivity contribution in [2.45, 2.75) is 4.90 Å². The van der Waals surface area contributed by atoms with Crippen LogP contribution in [0.1, 0.15) is 20.7 Å². The summed E-state index contributed by atoms with van der Waals surface area (Å²) >= 11 is 5.76. The molecule has 10 heteroatoms. The molecule has 1 heterocycles. The number of rotatable bonds is 4. The smallest absolute Gasteiger partial charge is 0.269 e. The van der Waals surface area contributed by atoms with Gasteiger partial charge >= 0.3 is 0 Å². The minimum atomic E-state index is -3.63. The van der Waals surface area contributed by atoms with Gasteiger partial charge in [0, 0.05) is 29.2 Å². The van der Waals surface area contributed by atoms with Crippen LogP contribution in [0.4, 0.5) is 0 Å². The Balaban J connectivity index is 1.62. The molecule has 1 saturated heterocycles. The van der Waals surface area contributed by atoms with Crippen LogP contribution in [0, 0.1) is 0 Å². The summed E-state index contributed by atoms with van der Waals surface area (Å²) in [6, 6.07) is 11.7. The Morgan fingerprint density at radius 2 is 1.32 bits per heavy atom. The third kappa shape index (κ3) is 4.68. The zero-order valence-electron chi connectivity index (χ0n) is 14.7. The van der Waals surface area contributed by atoms with E-state index in [1.54, 1.807) is 12.1 Å². The summed E-state index contributed by atoms with van der Waals surface area (Å²) in [6.45, 7) is 1.29. The first-order valence-electron chi connectivity index (χ1n) is 8.42. The molecule has 2 aromatic rings. The van der Waals surface area contributed by atoms with Gasteiger partial charge in [-0.25, -0.2) is 8.42 Å².